The Hall–Kier alpha value is -3.01. The Morgan fingerprint density at radius 2 is 1.81 bits per heavy atom. The molecule has 21 heavy (non-hydrogen) atoms. The van der Waals surface area contributed by atoms with Crippen LogP contribution in [-0.4, -0.2) is 20.2 Å². The average molecular weight is 272 g/mol. The molecule has 0 bridgehead atoms. The predicted octanol–water partition coefficient (Wildman–Crippen LogP) is 3.69. The van der Waals surface area contributed by atoms with Crippen molar-refractivity contribution in [2.45, 2.75) is 0 Å². The Labute approximate surface area is 121 Å². The molecule has 0 unspecified atom stereocenters. The summed E-state index contributed by atoms with van der Waals surface area (Å²) < 4.78 is 0. The van der Waals surface area contributed by atoms with Gasteiger partial charge in [0.05, 0.1) is 23.1 Å². The smallest absolute Gasteiger partial charge is 0.0759 e. The van der Waals surface area contributed by atoms with Crippen molar-refractivity contribution < 1.29 is 0 Å². The lowest BCUT2D eigenvalue weighted by Gasteiger charge is -2.04. The molecule has 3 heterocycles. The largest absolute Gasteiger partial charge is 0.277 e. The van der Waals surface area contributed by atoms with Gasteiger partial charge in [-0.05, 0) is 24.3 Å². The minimum Gasteiger partial charge on any atom is -0.277 e. The topological polar surface area (TPSA) is 54.5 Å². The first-order valence-electron chi connectivity index (χ1n) is 6.72. The Bertz CT molecular complexity index is 897. The van der Waals surface area contributed by atoms with E-state index in [1.54, 1.807) is 12.4 Å². The highest BCUT2D eigenvalue weighted by atomic mass is 15.1. The lowest BCUT2D eigenvalue weighted by Crippen LogP contribution is -1.87. The third-order valence-electron chi connectivity index (χ3n) is 3.46. The van der Waals surface area contributed by atoms with Crippen molar-refractivity contribution in [3.8, 4) is 22.5 Å². The van der Waals surface area contributed by atoms with Crippen LogP contribution in [0.1, 0.15) is 0 Å². The molecule has 0 fully saturated rings. The molecule has 4 aromatic rings. The van der Waals surface area contributed by atoms with Crippen molar-refractivity contribution >= 4 is 10.9 Å². The number of fused-ring (bicyclic) bond motifs is 1. The van der Waals surface area contributed by atoms with Gasteiger partial charge in [-0.25, -0.2) is 4.98 Å². The van der Waals surface area contributed by atoms with E-state index in [-0.39, 0.29) is 0 Å². The SMILES string of the molecule is c1cncc(-c2[nH]ncc2-c2ccc3ccccc3n2)c1. The van der Waals surface area contributed by atoms with E-state index in [0.717, 1.165) is 33.4 Å². The van der Waals surface area contributed by atoms with Crippen LogP contribution in [0.15, 0.2) is 67.1 Å². The number of nitrogens with zero attached hydrogens (tertiary/aromatic N) is 3. The molecule has 100 valence electrons. The quantitative estimate of drug-likeness (QED) is 0.605. The van der Waals surface area contributed by atoms with Gasteiger partial charge in [0.25, 0.3) is 0 Å². The average Bonchev–Trinajstić information content (AvgIpc) is 3.05. The first-order valence-corrected chi connectivity index (χ1v) is 6.72. The minimum absolute atomic E-state index is 0.904. The van der Waals surface area contributed by atoms with Gasteiger partial charge in [0.15, 0.2) is 0 Å². The molecule has 4 heteroatoms. The van der Waals surface area contributed by atoms with E-state index >= 15 is 0 Å². The zero-order valence-corrected chi connectivity index (χ0v) is 11.2. The van der Waals surface area contributed by atoms with Gasteiger partial charge in [-0.15, -0.1) is 0 Å². The fourth-order valence-electron chi connectivity index (χ4n) is 2.43. The maximum Gasteiger partial charge on any atom is 0.0759 e. The van der Waals surface area contributed by atoms with Crippen LogP contribution in [0, 0.1) is 0 Å². The summed E-state index contributed by atoms with van der Waals surface area (Å²) >= 11 is 0. The molecule has 0 aliphatic carbocycles. The monoisotopic (exact) mass is 272 g/mol. The Kier molecular flexibility index (Phi) is 2.71. The van der Waals surface area contributed by atoms with Gasteiger partial charge in [-0.1, -0.05) is 24.3 Å². The molecule has 0 spiro atoms. The fourth-order valence-corrected chi connectivity index (χ4v) is 2.43. The van der Waals surface area contributed by atoms with E-state index in [1.165, 1.54) is 0 Å². The molecule has 0 atom stereocenters. The van der Waals surface area contributed by atoms with Crippen LogP contribution in [0.4, 0.5) is 0 Å². The summed E-state index contributed by atoms with van der Waals surface area (Å²) in [6, 6.07) is 16.1. The maximum atomic E-state index is 4.72. The second-order valence-corrected chi connectivity index (χ2v) is 4.79. The van der Waals surface area contributed by atoms with E-state index < -0.39 is 0 Å². The molecule has 0 radical (unpaired) electrons. The molecule has 4 rings (SSSR count). The summed E-state index contributed by atoms with van der Waals surface area (Å²) in [7, 11) is 0. The summed E-state index contributed by atoms with van der Waals surface area (Å²) in [5.74, 6) is 0. The van der Waals surface area contributed by atoms with Crippen molar-refractivity contribution in [3.05, 3.63) is 67.1 Å². The van der Waals surface area contributed by atoms with Crippen molar-refractivity contribution in [1.29, 1.82) is 0 Å². The lowest BCUT2D eigenvalue weighted by molar-refractivity contribution is 1.09. The Morgan fingerprint density at radius 1 is 0.857 bits per heavy atom. The van der Waals surface area contributed by atoms with Gasteiger partial charge < -0.3 is 0 Å². The zero-order chi connectivity index (χ0) is 14.1. The van der Waals surface area contributed by atoms with Crippen LogP contribution in [0.3, 0.4) is 0 Å². The minimum atomic E-state index is 0.904. The van der Waals surface area contributed by atoms with Gasteiger partial charge in [0, 0.05) is 28.9 Å². The standard InChI is InChI=1S/C17H12N4/c1-2-6-15-12(4-1)7-8-16(20-15)14-11-19-21-17(14)13-5-3-9-18-10-13/h1-11H,(H,19,21). The summed E-state index contributed by atoms with van der Waals surface area (Å²) in [6.45, 7) is 0. The summed E-state index contributed by atoms with van der Waals surface area (Å²) in [6.07, 6.45) is 5.38. The third kappa shape index (κ3) is 2.07. The number of benzene rings is 1. The molecule has 1 aromatic carbocycles. The van der Waals surface area contributed by atoms with E-state index in [2.05, 4.69) is 27.3 Å². The van der Waals surface area contributed by atoms with Crippen LogP contribution in [-0.2, 0) is 0 Å². The molecular weight excluding hydrogens is 260 g/mol. The number of nitrogens with one attached hydrogen (secondary N) is 1. The number of rotatable bonds is 2. The van der Waals surface area contributed by atoms with Crippen molar-refractivity contribution in [2.75, 3.05) is 0 Å². The van der Waals surface area contributed by atoms with Gasteiger partial charge in [0.1, 0.15) is 0 Å². The number of para-hydroxylation sites is 1. The van der Waals surface area contributed by atoms with E-state index in [4.69, 9.17) is 4.98 Å². The fraction of sp³-hybridized carbons (Fsp3) is 0. The second-order valence-electron chi connectivity index (χ2n) is 4.79. The van der Waals surface area contributed by atoms with Crippen LogP contribution in [0.25, 0.3) is 33.4 Å². The predicted molar refractivity (Wildman–Crippen MR) is 82.6 cm³/mol. The highest BCUT2D eigenvalue weighted by Gasteiger charge is 2.11. The normalized spacial score (nSPS) is 10.9. The van der Waals surface area contributed by atoms with Crippen molar-refractivity contribution in [1.82, 2.24) is 20.2 Å². The zero-order valence-electron chi connectivity index (χ0n) is 11.2. The number of hydrogen-bond acceptors (Lipinski definition) is 3. The number of H-pyrrole nitrogens is 1. The van der Waals surface area contributed by atoms with Gasteiger partial charge in [0.2, 0.25) is 0 Å². The molecule has 0 aliphatic heterocycles. The van der Waals surface area contributed by atoms with Gasteiger partial charge in [-0.3, -0.25) is 10.1 Å². The summed E-state index contributed by atoms with van der Waals surface area (Å²) in [5.41, 5.74) is 4.80. The van der Waals surface area contributed by atoms with Crippen LogP contribution in [0.5, 0.6) is 0 Å². The molecule has 1 N–H and O–H groups in total. The van der Waals surface area contributed by atoms with Crippen molar-refractivity contribution in [3.63, 3.8) is 0 Å². The van der Waals surface area contributed by atoms with Crippen molar-refractivity contribution in [2.24, 2.45) is 0 Å². The van der Waals surface area contributed by atoms with Crippen LogP contribution >= 0.6 is 0 Å². The van der Waals surface area contributed by atoms with E-state index in [1.807, 2.05) is 42.6 Å². The van der Waals surface area contributed by atoms with Gasteiger partial charge in [-0.2, -0.15) is 5.10 Å². The first-order chi connectivity index (χ1) is 10.4. The lowest BCUT2D eigenvalue weighted by atomic mass is 10.1. The third-order valence-corrected chi connectivity index (χ3v) is 3.46. The molecule has 0 saturated carbocycles. The molecule has 0 saturated heterocycles. The maximum absolute atomic E-state index is 4.72. The first kappa shape index (κ1) is 11.8. The molecule has 4 nitrogen and oxygen atoms in total. The number of pyridine rings is 2. The summed E-state index contributed by atoms with van der Waals surface area (Å²) in [4.78, 5) is 8.88. The van der Waals surface area contributed by atoms with Crippen LogP contribution in [0.2, 0.25) is 0 Å². The van der Waals surface area contributed by atoms with Crippen LogP contribution < -0.4 is 0 Å². The van der Waals surface area contributed by atoms with E-state index in [0.29, 0.717) is 0 Å². The highest BCUT2D eigenvalue weighted by Crippen LogP contribution is 2.29. The number of hydrogen-bond donors (Lipinski definition) is 1. The number of aromatic nitrogens is 4. The van der Waals surface area contributed by atoms with Gasteiger partial charge >= 0.3 is 0 Å². The Balaban J connectivity index is 1.88. The highest BCUT2D eigenvalue weighted by molar-refractivity contribution is 5.84. The Morgan fingerprint density at radius 3 is 2.71 bits per heavy atom. The molecule has 0 amide bonds. The second kappa shape index (κ2) is 4.83. The molecule has 3 aromatic heterocycles. The summed E-state index contributed by atoms with van der Waals surface area (Å²) in [5, 5.41) is 8.33. The molecular formula is C17H12N4. The number of aromatic amines is 1. The van der Waals surface area contributed by atoms with E-state index in [9.17, 15) is 0 Å². The molecule has 0 aliphatic rings.